The molecule has 2 fully saturated rings. The molecule has 0 aliphatic carbocycles. The van der Waals surface area contributed by atoms with Crippen LogP contribution in [0.5, 0.6) is 5.75 Å². The van der Waals surface area contributed by atoms with E-state index in [0.29, 0.717) is 30.1 Å². The average molecular weight is 565 g/mol. The predicted octanol–water partition coefficient (Wildman–Crippen LogP) is 3.10. The van der Waals surface area contributed by atoms with Crippen molar-refractivity contribution in [2.24, 2.45) is 5.14 Å². The van der Waals surface area contributed by atoms with Crippen LogP contribution >= 0.6 is 0 Å². The summed E-state index contributed by atoms with van der Waals surface area (Å²) in [5.74, 6) is -0.576. The molecule has 4 rings (SSSR count). The molecular formula is C23H31F3N4O5S2. The standard InChI is InChI=1S/C12H17FN2O3S.C11H14F2N2O2S/c1-18-12-7-3-2-6-11(12)10-5-4-8-15(9-10)19(16,17)14-13;12-10-6-2-1-4-8(10)9-5-3-7-15(11(9)13)18(14,16)17/h2-3,6-7,10,14H,4-5,8-9H2,1H3;1-2,4,6,9,11H,3,5,7H2,(H2,14,16,17). The Morgan fingerprint density at radius 2 is 1.59 bits per heavy atom. The monoisotopic (exact) mass is 564 g/mol. The number of ether oxygens (including phenoxy) is 1. The van der Waals surface area contributed by atoms with Gasteiger partial charge >= 0.3 is 10.2 Å². The lowest BCUT2D eigenvalue weighted by Gasteiger charge is -2.34. The van der Waals surface area contributed by atoms with E-state index in [1.54, 1.807) is 13.2 Å². The number of hydrogen-bond donors (Lipinski definition) is 2. The lowest BCUT2D eigenvalue weighted by molar-refractivity contribution is 0.0954. The third-order valence-corrected chi connectivity index (χ3v) is 8.78. The van der Waals surface area contributed by atoms with Gasteiger partial charge in [-0.15, -0.1) is 4.48 Å². The fourth-order valence-corrected chi connectivity index (χ4v) is 6.40. The van der Waals surface area contributed by atoms with Crippen molar-refractivity contribution in [1.29, 1.82) is 0 Å². The molecule has 2 aromatic rings. The van der Waals surface area contributed by atoms with Crippen molar-refractivity contribution in [2.75, 3.05) is 26.7 Å². The smallest absolute Gasteiger partial charge is 0.305 e. The fraction of sp³-hybridized carbons (Fsp3) is 0.478. The van der Waals surface area contributed by atoms with Crippen molar-refractivity contribution in [3.8, 4) is 5.75 Å². The maximum absolute atomic E-state index is 14.2. The van der Waals surface area contributed by atoms with E-state index in [1.807, 2.05) is 24.3 Å². The van der Waals surface area contributed by atoms with Gasteiger partial charge in [0.15, 0.2) is 6.30 Å². The molecule has 37 heavy (non-hydrogen) atoms. The molecule has 2 aliphatic rings. The molecule has 2 aromatic carbocycles. The molecule has 2 heterocycles. The zero-order chi connectivity index (χ0) is 27.2. The molecule has 3 atom stereocenters. The second kappa shape index (κ2) is 12.5. The van der Waals surface area contributed by atoms with Crippen LogP contribution in [0.4, 0.5) is 13.3 Å². The van der Waals surface area contributed by atoms with E-state index >= 15 is 0 Å². The minimum absolute atomic E-state index is 0.0213. The van der Waals surface area contributed by atoms with Crippen LogP contribution in [0.15, 0.2) is 48.5 Å². The zero-order valence-corrected chi connectivity index (χ0v) is 21.9. The molecule has 2 aliphatic heterocycles. The van der Waals surface area contributed by atoms with Crippen molar-refractivity contribution < 1.29 is 34.8 Å². The van der Waals surface area contributed by atoms with Gasteiger partial charge in [-0.2, -0.15) is 25.4 Å². The Hall–Kier alpha value is -2.23. The SMILES string of the molecule is COc1ccccc1C1CCCN(S(=O)(=O)NF)C1.NS(=O)(=O)N1CCCC(c2ccccc2F)C1F. The van der Waals surface area contributed by atoms with Gasteiger partial charge in [-0.25, -0.2) is 13.9 Å². The van der Waals surface area contributed by atoms with Gasteiger partial charge in [0, 0.05) is 31.5 Å². The molecule has 9 nitrogen and oxygen atoms in total. The first-order valence-electron chi connectivity index (χ1n) is 11.7. The molecule has 206 valence electrons. The summed E-state index contributed by atoms with van der Waals surface area (Å²) in [6.45, 7) is 0.634. The number of para-hydroxylation sites is 1. The van der Waals surface area contributed by atoms with Crippen molar-refractivity contribution in [2.45, 2.75) is 43.8 Å². The topological polar surface area (TPSA) is 122 Å². The molecule has 0 aromatic heterocycles. The minimum Gasteiger partial charge on any atom is -0.496 e. The van der Waals surface area contributed by atoms with Crippen LogP contribution in [0.2, 0.25) is 0 Å². The van der Waals surface area contributed by atoms with E-state index in [2.05, 4.69) is 0 Å². The fourth-order valence-electron chi connectivity index (χ4n) is 4.74. The van der Waals surface area contributed by atoms with Crippen LogP contribution in [-0.2, 0) is 20.4 Å². The zero-order valence-electron chi connectivity index (χ0n) is 20.3. The van der Waals surface area contributed by atoms with E-state index in [4.69, 9.17) is 9.88 Å². The summed E-state index contributed by atoms with van der Waals surface area (Å²) >= 11 is 0. The first-order valence-corrected chi connectivity index (χ1v) is 14.6. The highest BCUT2D eigenvalue weighted by atomic mass is 32.2. The summed E-state index contributed by atoms with van der Waals surface area (Å²) in [5.41, 5.74) is 1.15. The van der Waals surface area contributed by atoms with Crippen LogP contribution < -0.4 is 14.8 Å². The number of benzene rings is 2. The third-order valence-electron chi connectivity index (χ3n) is 6.53. The summed E-state index contributed by atoms with van der Waals surface area (Å²) in [6.07, 6.45) is 0.595. The molecule has 14 heteroatoms. The Labute approximate surface area is 215 Å². The van der Waals surface area contributed by atoms with Crippen LogP contribution in [0.1, 0.15) is 48.6 Å². The number of halogens is 3. The first kappa shape index (κ1) is 29.3. The van der Waals surface area contributed by atoms with E-state index in [0.717, 1.165) is 27.0 Å². The van der Waals surface area contributed by atoms with Crippen molar-refractivity contribution in [3.63, 3.8) is 0 Å². The molecule has 3 unspecified atom stereocenters. The molecular weight excluding hydrogens is 533 g/mol. The van der Waals surface area contributed by atoms with Crippen LogP contribution in [-0.4, -0.2) is 58.5 Å². The molecule has 3 N–H and O–H groups in total. The van der Waals surface area contributed by atoms with Crippen molar-refractivity contribution >= 4 is 20.4 Å². The number of alkyl halides is 1. The highest BCUT2D eigenvalue weighted by Gasteiger charge is 2.38. The van der Waals surface area contributed by atoms with Crippen LogP contribution in [0.3, 0.4) is 0 Å². The number of nitrogens with zero attached hydrogens (tertiary/aromatic N) is 2. The maximum atomic E-state index is 14.2. The number of rotatable bonds is 6. The lowest BCUT2D eigenvalue weighted by Crippen LogP contribution is -2.48. The maximum Gasteiger partial charge on any atom is 0.305 e. The van der Waals surface area contributed by atoms with Crippen molar-refractivity contribution in [3.05, 3.63) is 65.5 Å². The summed E-state index contributed by atoms with van der Waals surface area (Å²) in [7, 11) is -6.52. The van der Waals surface area contributed by atoms with E-state index in [9.17, 15) is 30.1 Å². The van der Waals surface area contributed by atoms with Crippen LogP contribution in [0.25, 0.3) is 0 Å². The van der Waals surface area contributed by atoms with E-state index < -0.39 is 38.4 Å². The second-order valence-electron chi connectivity index (χ2n) is 8.82. The number of nitrogens with one attached hydrogen (secondary N) is 1. The van der Waals surface area contributed by atoms with Crippen molar-refractivity contribution in [1.82, 2.24) is 13.6 Å². The van der Waals surface area contributed by atoms with Gasteiger partial charge < -0.3 is 4.74 Å². The first-order chi connectivity index (χ1) is 17.5. The summed E-state index contributed by atoms with van der Waals surface area (Å²) in [5, 5.41) is 4.94. The molecule has 0 amide bonds. The van der Waals surface area contributed by atoms with Gasteiger partial charge in [0.25, 0.3) is 10.2 Å². The minimum atomic E-state index is -4.09. The summed E-state index contributed by atoms with van der Waals surface area (Å²) in [4.78, 5) is 0.879. The Morgan fingerprint density at radius 3 is 2.22 bits per heavy atom. The summed E-state index contributed by atoms with van der Waals surface area (Å²) < 4.78 is 92.6. The van der Waals surface area contributed by atoms with Gasteiger partial charge in [-0.1, -0.05) is 36.4 Å². The van der Waals surface area contributed by atoms with Gasteiger partial charge in [0.2, 0.25) is 0 Å². The predicted molar refractivity (Wildman–Crippen MR) is 133 cm³/mol. The Bertz CT molecular complexity index is 1270. The third kappa shape index (κ3) is 7.21. The molecule has 0 radical (unpaired) electrons. The number of piperidine rings is 2. The Balaban J connectivity index is 0.000000206. The molecule has 0 saturated carbocycles. The molecule has 0 spiro atoms. The van der Waals surface area contributed by atoms with E-state index in [1.165, 1.54) is 18.2 Å². The molecule has 0 bridgehead atoms. The Kier molecular flexibility index (Phi) is 9.94. The van der Waals surface area contributed by atoms with E-state index in [-0.39, 0.29) is 24.6 Å². The van der Waals surface area contributed by atoms with Gasteiger partial charge in [-0.3, -0.25) is 0 Å². The highest BCUT2D eigenvalue weighted by Crippen LogP contribution is 2.36. The molecule has 2 saturated heterocycles. The Morgan fingerprint density at radius 1 is 0.973 bits per heavy atom. The lowest BCUT2D eigenvalue weighted by atomic mass is 9.90. The van der Waals surface area contributed by atoms with Gasteiger partial charge in [-0.05, 0) is 53.9 Å². The van der Waals surface area contributed by atoms with Gasteiger partial charge in [0.1, 0.15) is 11.6 Å². The van der Waals surface area contributed by atoms with Gasteiger partial charge in [0.05, 0.1) is 7.11 Å². The second-order valence-corrected chi connectivity index (χ2v) is 11.9. The average Bonchev–Trinajstić information content (AvgIpc) is 2.89. The highest BCUT2D eigenvalue weighted by molar-refractivity contribution is 7.87. The number of methoxy groups -OCH3 is 1. The number of nitrogens with two attached hydrogens (primary N) is 1. The normalized spacial score (nSPS) is 23.6. The quantitative estimate of drug-likeness (QED) is 0.413. The summed E-state index contributed by atoms with van der Waals surface area (Å²) in [6, 6.07) is 13.3. The largest absolute Gasteiger partial charge is 0.496 e. The van der Waals surface area contributed by atoms with Crippen LogP contribution in [0, 0.1) is 5.82 Å². The number of hydrogen-bond acceptors (Lipinski definition) is 5.